The Balaban J connectivity index is 1.50. The Morgan fingerprint density at radius 1 is 1.19 bits per heavy atom. The Hall–Kier alpha value is -2.27. The van der Waals surface area contributed by atoms with Gasteiger partial charge in [-0.1, -0.05) is 12.2 Å². The molecule has 4 rings (SSSR count). The summed E-state index contributed by atoms with van der Waals surface area (Å²) in [6.07, 6.45) is 9.39. The molecule has 1 aromatic heterocycles. The van der Waals surface area contributed by atoms with Gasteiger partial charge in [-0.05, 0) is 61.8 Å². The van der Waals surface area contributed by atoms with E-state index in [0.29, 0.717) is 13.2 Å². The molecule has 1 fully saturated rings. The number of imidazole rings is 1. The summed E-state index contributed by atoms with van der Waals surface area (Å²) >= 11 is 0. The molecule has 5 nitrogen and oxygen atoms in total. The van der Waals surface area contributed by atoms with E-state index in [0.717, 1.165) is 53.8 Å². The van der Waals surface area contributed by atoms with E-state index in [4.69, 9.17) is 9.47 Å². The summed E-state index contributed by atoms with van der Waals surface area (Å²) < 4.78 is 13.1. The molecule has 5 heteroatoms. The summed E-state index contributed by atoms with van der Waals surface area (Å²) in [5.74, 6) is 4.10. The minimum atomic E-state index is 0.659. The molecule has 144 valence electrons. The molecule has 2 aliphatic carbocycles. The predicted molar refractivity (Wildman–Crippen MR) is 108 cm³/mol. The van der Waals surface area contributed by atoms with Crippen LogP contribution in [0.2, 0.25) is 0 Å². The van der Waals surface area contributed by atoms with E-state index < -0.39 is 0 Å². The number of benzene rings is 1. The zero-order valence-electron chi connectivity index (χ0n) is 16.2. The topological polar surface area (TPSA) is 48.3 Å². The Bertz CT molecular complexity index is 781. The zero-order chi connectivity index (χ0) is 18.6. The average molecular weight is 367 g/mol. The van der Waals surface area contributed by atoms with Gasteiger partial charge in [0.15, 0.2) is 0 Å². The second kappa shape index (κ2) is 8.17. The van der Waals surface area contributed by atoms with Gasteiger partial charge < -0.3 is 19.4 Å². The van der Waals surface area contributed by atoms with Crippen LogP contribution in [-0.4, -0.2) is 36.4 Å². The highest BCUT2D eigenvalue weighted by Crippen LogP contribution is 2.43. The van der Waals surface area contributed by atoms with E-state index in [1.807, 2.05) is 25.3 Å². The first-order valence-corrected chi connectivity index (χ1v) is 9.98. The highest BCUT2D eigenvalue weighted by Gasteiger charge is 2.35. The Morgan fingerprint density at radius 3 is 2.70 bits per heavy atom. The molecule has 1 aromatic carbocycles. The fraction of sp³-hybridized carbons (Fsp3) is 0.500. The third-order valence-corrected chi connectivity index (χ3v) is 5.77. The molecule has 0 aliphatic heterocycles. The van der Waals surface area contributed by atoms with Crippen molar-refractivity contribution in [3.63, 3.8) is 0 Å². The third-order valence-electron chi connectivity index (χ3n) is 5.77. The summed E-state index contributed by atoms with van der Waals surface area (Å²) in [6, 6.07) is 8.22. The van der Waals surface area contributed by atoms with Crippen LogP contribution in [0, 0.1) is 17.8 Å². The maximum absolute atomic E-state index is 5.56. The molecule has 2 bridgehead atoms. The zero-order valence-corrected chi connectivity index (χ0v) is 16.2. The van der Waals surface area contributed by atoms with Crippen LogP contribution in [0.3, 0.4) is 0 Å². The lowest BCUT2D eigenvalue weighted by molar-refractivity contribution is 0.188. The second-order valence-corrected chi connectivity index (χ2v) is 7.49. The van der Waals surface area contributed by atoms with Crippen molar-refractivity contribution in [2.45, 2.75) is 26.3 Å². The number of rotatable bonds is 9. The van der Waals surface area contributed by atoms with Crippen molar-refractivity contribution in [2.75, 3.05) is 32.2 Å². The Kier molecular flexibility index (Phi) is 5.48. The van der Waals surface area contributed by atoms with Crippen molar-refractivity contribution in [3.05, 3.63) is 42.6 Å². The van der Waals surface area contributed by atoms with Crippen LogP contribution in [-0.2, 0) is 11.3 Å². The van der Waals surface area contributed by atoms with Crippen LogP contribution in [0.1, 0.15) is 19.8 Å². The number of ether oxygens (including phenoxy) is 2. The van der Waals surface area contributed by atoms with E-state index in [2.05, 4.69) is 39.2 Å². The van der Waals surface area contributed by atoms with Gasteiger partial charge >= 0.3 is 0 Å². The van der Waals surface area contributed by atoms with Gasteiger partial charge in [0.1, 0.15) is 5.75 Å². The highest BCUT2D eigenvalue weighted by molar-refractivity contribution is 5.62. The number of anilines is 1. The normalized spacial score (nSPS) is 23.1. The molecule has 2 aliphatic rings. The van der Waals surface area contributed by atoms with Gasteiger partial charge in [-0.3, -0.25) is 0 Å². The fourth-order valence-corrected chi connectivity index (χ4v) is 4.40. The molecule has 0 saturated heterocycles. The lowest BCUT2D eigenvalue weighted by Crippen LogP contribution is -2.21. The van der Waals surface area contributed by atoms with Crippen LogP contribution in [0.15, 0.2) is 42.6 Å². The second-order valence-electron chi connectivity index (χ2n) is 7.49. The SMILES string of the molecule is CCOc1ccc(-c2cnc(NC[C@H]3C[C@H]4C=C[C@H]3C4)n2CCOC)cc1. The van der Waals surface area contributed by atoms with Crippen molar-refractivity contribution < 1.29 is 9.47 Å². The maximum atomic E-state index is 5.56. The van der Waals surface area contributed by atoms with Gasteiger partial charge in [0.05, 0.1) is 25.1 Å². The van der Waals surface area contributed by atoms with E-state index in [-0.39, 0.29) is 0 Å². The van der Waals surface area contributed by atoms with Crippen molar-refractivity contribution in [1.82, 2.24) is 9.55 Å². The van der Waals surface area contributed by atoms with Crippen molar-refractivity contribution in [3.8, 4) is 17.0 Å². The summed E-state index contributed by atoms with van der Waals surface area (Å²) in [4.78, 5) is 4.67. The highest BCUT2D eigenvalue weighted by atomic mass is 16.5. The standard InChI is InChI=1S/C22H29N3O2/c1-3-27-20-8-6-17(7-9-20)21-15-24-22(25(21)10-11-26-2)23-14-19-13-16-4-5-18(19)12-16/h4-9,15-16,18-19H,3,10-14H2,1-2H3,(H,23,24)/t16-,18-,19+/m0/s1. The Morgan fingerprint density at radius 2 is 2.04 bits per heavy atom. The van der Waals surface area contributed by atoms with Gasteiger partial charge in [0.25, 0.3) is 0 Å². The number of methoxy groups -OCH3 is 1. The Labute approximate surface area is 161 Å². The first-order chi connectivity index (χ1) is 13.3. The molecule has 3 atom stereocenters. The maximum Gasteiger partial charge on any atom is 0.203 e. The summed E-state index contributed by atoms with van der Waals surface area (Å²) in [5, 5.41) is 3.61. The van der Waals surface area contributed by atoms with Crippen LogP contribution in [0.5, 0.6) is 5.75 Å². The molecular weight excluding hydrogens is 338 g/mol. The number of nitrogens with one attached hydrogen (secondary N) is 1. The van der Waals surface area contributed by atoms with Gasteiger partial charge in [-0.2, -0.15) is 0 Å². The summed E-state index contributed by atoms with van der Waals surface area (Å²) in [6.45, 7) is 5.09. The molecule has 1 N–H and O–H groups in total. The molecule has 1 heterocycles. The molecule has 0 unspecified atom stereocenters. The number of hydrogen-bond donors (Lipinski definition) is 1. The average Bonchev–Trinajstić information content (AvgIpc) is 3.41. The minimum Gasteiger partial charge on any atom is -0.494 e. The number of hydrogen-bond acceptors (Lipinski definition) is 4. The predicted octanol–water partition coefficient (Wildman–Crippen LogP) is 4.22. The molecular formula is C22H29N3O2. The van der Waals surface area contributed by atoms with Crippen molar-refractivity contribution >= 4 is 5.95 Å². The van der Waals surface area contributed by atoms with E-state index in [9.17, 15) is 0 Å². The number of nitrogens with zero attached hydrogens (tertiary/aromatic N) is 2. The van der Waals surface area contributed by atoms with Crippen molar-refractivity contribution in [1.29, 1.82) is 0 Å². The van der Waals surface area contributed by atoms with Crippen LogP contribution in [0.25, 0.3) is 11.3 Å². The lowest BCUT2D eigenvalue weighted by Gasteiger charge is -2.20. The van der Waals surface area contributed by atoms with E-state index in [1.165, 1.54) is 12.8 Å². The fourth-order valence-electron chi connectivity index (χ4n) is 4.40. The summed E-state index contributed by atoms with van der Waals surface area (Å²) in [5.41, 5.74) is 2.24. The van der Waals surface area contributed by atoms with Gasteiger partial charge in [0.2, 0.25) is 5.95 Å². The van der Waals surface area contributed by atoms with Crippen LogP contribution >= 0.6 is 0 Å². The molecule has 0 spiro atoms. The number of aromatic nitrogens is 2. The molecule has 2 aromatic rings. The van der Waals surface area contributed by atoms with Gasteiger partial charge in [-0.25, -0.2) is 4.98 Å². The van der Waals surface area contributed by atoms with Crippen LogP contribution < -0.4 is 10.1 Å². The number of fused-ring (bicyclic) bond motifs is 2. The third kappa shape index (κ3) is 3.88. The molecule has 0 amide bonds. The minimum absolute atomic E-state index is 0.659. The first-order valence-electron chi connectivity index (χ1n) is 9.98. The van der Waals surface area contributed by atoms with E-state index >= 15 is 0 Å². The monoisotopic (exact) mass is 367 g/mol. The first kappa shape index (κ1) is 18.1. The van der Waals surface area contributed by atoms with Gasteiger partial charge in [0, 0.05) is 25.8 Å². The number of allylic oxidation sites excluding steroid dienone is 2. The van der Waals surface area contributed by atoms with Crippen LogP contribution in [0.4, 0.5) is 5.95 Å². The van der Waals surface area contributed by atoms with Crippen molar-refractivity contribution in [2.24, 2.45) is 17.8 Å². The smallest absolute Gasteiger partial charge is 0.203 e. The lowest BCUT2D eigenvalue weighted by atomic mass is 9.94. The van der Waals surface area contributed by atoms with E-state index in [1.54, 1.807) is 7.11 Å². The molecule has 27 heavy (non-hydrogen) atoms. The molecule has 1 saturated carbocycles. The molecule has 0 radical (unpaired) electrons. The largest absolute Gasteiger partial charge is 0.494 e. The summed E-state index contributed by atoms with van der Waals surface area (Å²) in [7, 11) is 1.74. The quantitative estimate of drug-likeness (QED) is 0.674. The van der Waals surface area contributed by atoms with Gasteiger partial charge in [-0.15, -0.1) is 0 Å².